The van der Waals surface area contributed by atoms with Gasteiger partial charge in [0.25, 0.3) is 0 Å². The minimum Gasteiger partial charge on any atom is -0.493 e. The fourth-order valence-corrected chi connectivity index (χ4v) is 3.92. The van der Waals surface area contributed by atoms with Gasteiger partial charge in [0, 0.05) is 5.56 Å². The molecular formula is C28H30O5. The van der Waals surface area contributed by atoms with E-state index in [1.165, 1.54) is 25.3 Å². The lowest BCUT2D eigenvalue weighted by Crippen LogP contribution is -2.12. The third-order valence-corrected chi connectivity index (χ3v) is 5.65. The van der Waals surface area contributed by atoms with Crippen LogP contribution < -0.4 is 4.74 Å². The standard InChI is InChI=1S/C28H30O5/c1-2-3-4-5-6-10-19-33-24-18-17-23(27(29)30)26(28(31)32)25(24)22-15-13-21(14-16-22)20-11-8-7-9-12-20/h7-9,11-18H,2-6,10,19H2,1H3,(H,29,30)(H,31,32). The van der Waals surface area contributed by atoms with Gasteiger partial charge in [-0.1, -0.05) is 93.6 Å². The van der Waals surface area contributed by atoms with E-state index in [1.54, 1.807) is 6.07 Å². The Hall–Kier alpha value is -3.60. The molecule has 3 aromatic carbocycles. The third kappa shape index (κ3) is 6.22. The maximum Gasteiger partial charge on any atom is 0.337 e. The average molecular weight is 447 g/mol. The number of ether oxygens (including phenoxy) is 1. The Labute approximate surface area is 194 Å². The zero-order chi connectivity index (χ0) is 23.6. The molecule has 0 saturated heterocycles. The molecule has 172 valence electrons. The Morgan fingerprint density at radius 2 is 1.30 bits per heavy atom. The van der Waals surface area contributed by atoms with Gasteiger partial charge < -0.3 is 14.9 Å². The van der Waals surface area contributed by atoms with Crippen LogP contribution in [0.15, 0.2) is 66.7 Å². The maximum absolute atomic E-state index is 12.1. The van der Waals surface area contributed by atoms with E-state index in [2.05, 4.69) is 6.92 Å². The lowest BCUT2D eigenvalue weighted by atomic mass is 9.93. The van der Waals surface area contributed by atoms with Crippen molar-refractivity contribution in [3.8, 4) is 28.0 Å². The van der Waals surface area contributed by atoms with E-state index in [0.717, 1.165) is 30.4 Å². The van der Waals surface area contributed by atoms with Gasteiger partial charge in [0.2, 0.25) is 0 Å². The normalized spacial score (nSPS) is 10.7. The number of rotatable bonds is 12. The van der Waals surface area contributed by atoms with Gasteiger partial charge in [-0.2, -0.15) is 0 Å². The number of hydrogen-bond acceptors (Lipinski definition) is 3. The van der Waals surface area contributed by atoms with Crippen molar-refractivity contribution in [1.82, 2.24) is 0 Å². The summed E-state index contributed by atoms with van der Waals surface area (Å²) in [4.78, 5) is 23.9. The average Bonchev–Trinajstić information content (AvgIpc) is 2.83. The Balaban J connectivity index is 1.92. The number of carboxylic acids is 2. The molecule has 0 radical (unpaired) electrons. The first kappa shape index (κ1) is 24.1. The second kappa shape index (κ2) is 11.9. The van der Waals surface area contributed by atoms with Crippen LogP contribution in [-0.2, 0) is 0 Å². The molecule has 0 aliphatic heterocycles. The van der Waals surface area contributed by atoms with Crippen LogP contribution >= 0.6 is 0 Å². The van der Waals surface area contributed by atoms with Gasteiger partial charge in [-0.05, 0) is 35.2 Å². The van der Waals surface area contributed by atoms with Crippen LogP contribution in [0.2, 0.25) is 0 Å². The summed E-state index contributed by atoms with van der Waals surface area (Å²) in [5.74, 6) is -2.19. The van der Waals surface area contributed by atoms with Gasteiger partial charge >= 0.3 is 11.9 Å². The number of unbranched alkanes of at least 4 members (excludes halogenated alkanes) is 5. The first-order chi connectivity index (χ1) is 16.0. The van der Waals surface area contributed by atoms with Crippen LogP contribution in [0.4, 0.5) is 0 Å². The topological polar surface area (TPSA) is 83.8 Å². The summed E-state index contributed by atoms with van der Waals surface area (Å²) in [7, 11) is 0. The van der Waals surface area contributed by atoms with E-state index >= 15 is 0 Å². The molecule has 0 aromatic heterocycles. The lowest BCUT2D eigenvalue weighted by Gasteiger charge is -2.16. The Kier molecular flexibility index (Phi) is 8.64. The van der Waals surface area contributed by atoms with Crippen LogP contribution in [0.3, 0.4) is 0 Å². The van der Waals surface area contributed by atoms with E-state index in [4.69, 9.17) is 4.74 Å². The molecule has 5 nitrogen and oxygen atoms in total. The highest BCUT2D eigenvalue weighted by Crippen LogP contribution is 2.37. The van der Waals surface area contributed by atoms with Crippen molar-refractivity contribution in [2.45, 2.75) is 45.4 Å². The van der Waals surface area contributed by atoms with Gasteiger partial charge in [-0.15, -0.1) is 0 Å². The van der Waals surface area contributed by atoms with Crippen LogP contribution in [0.1, 0.15) is 66.2 Å². The highest BCUT2D eigenvalue weighted by Gasteiger charge is 2.25. The van der Waals surface area contributed by atoms with E-state index in [9.17, 15) is 19.8 Å². The fourth-order valence-electron chi connectivity index (χ4n) is 3.92. The second-order valence-electron chi connectivity index (χ2n) is 8.03. The van der Waals surface area contributed by atoms with Crippen LogP contribution in [-0.4, -0.2) is 28.8 Å². The second-order valence-corrected chi connectivity index (χ2v) is 8.03. The van der Waals surface area contributed by atoms with E-state index in [-0.39, 0.29) is 11.1 Å². The molecule has 0 heterocycles. The zero-order valence-corrected chi connectivity index (χ0v) is 18.9. The van der Waals surface area contributed by atoms with E-state index < -0.39 is 11.9 Å². The molecule has 0 aliphatic carbocycles. The summed E-state index contributed by atoms with van der Waals surface area (Å²) in [5.41, 5.74) is 2.43. The monoisotopic (exact) mass is 446 g/mol. The Morgan fingerprint density at radius 1 is 0.697 bits per heavy atom. The summed E-state index contributed by atoms with van der Waals surface area (Å²) in [6.45, 7) is 2.63. The van der Waals surface area contributed by atoms with E-state index in [1.807, 2.05) is 54.6 Å². The smallest absolute Gasteiger partial charge is 0.337 e. The molecule has 0 spiro atoms. The van der Waals surface area contributed by atoms with Crippen molar-refractivity contribution in [2.24, 2.45) is 0 Å². The van der Waals surface area contributed by atoms with Crippen molar-refractivity contribution in [3.63, 3.8) is 0 Å². The van der Waals surface area contributed by atoms with E-state index in [0.29, 0.717) is 23.5 Å². The molecule has 0 unspecified atom stereocenters. The van der Waals surface area contributed by atoms with Crippen molar-refractivity contribution < 1.29 is 24.5 Å². The summed E-state index contributed by atoms with van der Waals surface area (Å²) < 4.78 is 5.98. The van der Waals surface area contributed by atoms with Gasteiger partial charge in [0.1, 0.15) is 5.75 Å². The number of carboxylic acid groups (broad SMARTS) is 2. The predicted octanol–water partition coefficient (Wildman–Crippen LogP) is 7.16. The molecule has 5 heteroatoms. The van der Waals surface area contributed by atoms with Gasteiger partial charge in [-0.3, -0.25) is 0 Å². The first-order valence-corrected chi connectivity index (χ1v) is 11.4. The molecule has 0 atom stereocenters. The summed E-state index contributed by atoms with van der Waals surface area (Å²) in [5, 5.41) is 19.5. The quantitative estimate of drug-likeness (QED) is 0.288. The maximum atomic E-state index is 12.1. The number of carbonyl (C=O) groups is 2. The minimum absolute atomic E-state index is 0.253. The highest BCUT2D eigenvalue weighted by atomic mass is 16.5. The Morgan fingerprint density at radius 3 is 1.94 bits per heavy atom. The molecule has 0 aliphatic rings. The summed E-state index contributed by atoms with van der Waals surface area (Å²) in [6.07, 6.45) is 6.66. The fraction of sp³-hybridized carbons (Fsp3) is 0.286. The lowest BCUT2D eigenvalue weighted by molar-refractivity contribution is 0.0652. The SMILES string of the molecule is CCCCCCCCOc1ccc(C(=O)O)c(C(=O)O)c1-c1ccc(-c2ccccc2)cc1. The predicted molar refractivity (Wildman–Crippen MR) is 130 cm³/mol. The molecule has 3 aromatic rings. The molecule has 0 bridgehead atoms. The molecule has 3 rings (SSSR count). The number of hydrogen-bond donors (Lipinski definition) is 2. The highest BCUT2D eigenvalue weighted by molar-refractivity contribution is 6.08. The largest absolute Gasteiger partial charge is 0.493 e. The zero-order valence-electron chi connectivity index (χ0n) is 18.9. The van der Waals surface area contributed by atoms with Crippen LogP contribution in [0.5, 0.6) is 5.75 Å². The van der Waals surface area contributed by atoms with Crippen LogP contribution in [0, 0.1) is 0 Å². The minimum atomic E-state index is -1.29. The molecule has 0 amide bonds. The number of benzene rings is 3. The molecule has 0 fully saturated rings. The van der Waals surface area contributed by atoms with Gasteiger partial charge in [-0.25, -0.2) is 9.59 Å². The van der Waals surface area contributed by atoms with Crippen molar-refractivity contribution in [3.05, 3.63) is 77.9 Å². The summed E-state index contributed by atoms with van der Waals surface area (Å²) in [6, 6.07) is 20.2. The van der Waals surface area contributed by atoms with Gasteiger partial charge in [0.15, 0.2) is 0 Å². The molecular weight excluding hydrogens is 416 g/mol. The molecule has 2 N–H and O–H groups in total. The molecule has 0 saturated carbocycles. The molecule has 33 heavy (non-hydrogen) atoms. The Bertz CT molecular complexity index is 1070. The third-order valence-electron chi connectivity index (χ3n) is 5.65. The van der Waals surface area contributed by atoms with Crippen molar-refractivity contribution in [1.29, 1.82) is 0 Å². The first-order valence-electron chi connectivity index (χ1n) is 11.4. The van der Waals surface area contributed by atoms with Crippen molar-refractivity contribution in [2.75, 3.05) is 6.61 Å². The van der Waals surface area contributed by atoms with Gasteiger partial charge in [0.05, 0.1) is 17.7 Å². The summed E-state index contributed by atoms with van der Waals surface area (Å²) >= 11 is 0. The number of aromatic carboxylic acids is 2. The van der Waals surface area contributed by atoms with Crippen molar-refractivity contribution >= 4 is 11.9 Å². The van der Waals surface area contributed by atoms with Crippen LogP contribution in [0.25, 0.3) is 22.3 Å².